The molecule has 1 fully saturated rings. The number of carbonyl (C=O) groups is 1. The second-order valence-corrected chi connectivity index (χ2v) is 2.97. The molecule has 0 aromatic rings. The molecule has 0 bridgehead atoms. The Bertz CT molecular complexity index is 166. The third-order valence-electron chi connectivity index (χ3n) is 2.43. The number of amides is 1. The molecule has 0 N–H and O–H groups in total. The molecule has 1 aliphatic heterocycles. The first-order valence-corrected chi connectivity index (χ1v) is 3.52. The lowest BCUT2D eigenvalue weighted by molar-refractivity contribution is -0.128. The molecule has 2 atom stereocenters. The number of nitrogens with zero attached hydrogens (tertiary/aromatic N) is 1. The van der Waals surface area contributed by atoms with Gasteiger partial charge >= 0.3 is 0 Å². The molecule has 1 heterocycles. The largest absolute Gasteiger partial charge is 0.319 e. The number of hydrogen-bond donors (Lipinski definition) is 0. The molecule has 10 heavy (non-hydrogen) atoms. The summed E-state index contributed by atoms with van der Waals surface area (Å²) in [6.45, 7) is 7.80. The molecule has 0 aliphatic carbocycles. The van der Waals surface area contributed by atoms with Gasteiger partial charge in [0.2, 0.25) is 5.91 Å². The van der Waals surface area contributed by atoms with Crippen LogP contribution in [0.25, 0.3) is 0 Å². The van der Waals surface area contributed by atoms with Gasteiger partial charge in [-0.25, -0.2) is 0 Å². The molecule has 0 saturated carbocycles. The summed E-state index contributed by atoms with van der Waals surface area (Å²) in [6, 6.07) is 0. The molecule has 1 saturated heterocycles. The molecule has 1 aliphatic rings. The summed E-state index contributed by atoms with van der Waals surface area (Å²) in [5.41, 5.74) is 0.942. The van der Waals surface area contributed by atoms with Gasteiger partial charge in [-0.2, -0.15) is 0 Å². The van der Waals surface area contributed by atoms with E-state index in [0.717, 1.165) is 5.70 Å². The molecule has 0 aromatic carbocycles. The molecule has 0 aromatic heterocycles. The predicted octanol–water partition coefficient (Wildman–Crippen LogP) is 1.24. The Morgan fingerprint density at radius 1 is 1.40 bits per heavy atom. The van der Waals surface area contributed by atoms with Gasteiger partial charge in [0.25, 0.3) is 0 Å². The molecule has 0 spiro atoms. The fourth-order valence-electron chi connectivity index (χ4n) is 1.25. The highest BCUT2D eigenvalue weighted by Gasteiger charge is 2.35. The third-order valence-corrected chi connectivity index (χ3v) is 2.43. The van der Waals surface area contributed by atoms with Crippen molar-refractivity contribution in [3.63, 3.8) is 0 Å². The lowest BCUT2D eigenvalue weighted by Crippen LogP contribution is -2.19. The van der Waals surface area contributed by atoms with E-state index in [-0.39, 0.29) is 11.8 Å². The van der Waals surface area contributed by atoms with Crippen molar-refractivity contribution < 1.29 is 4.79 Å². The van der Waals surface area contributed by atoms with Crippen LogP contribution in [0.3, 0.4) is 0 Å². The van der Waals surface area contributed by atoms with Gasteiger partial charge in [0.05, 0.1) is 0 Å². The molecule has 2 unspecified atom stereocenters. The number of allylic oxidation sites excluding steroid dienone is 1. The molecule has 2 heteroatoms. The van der Waals surface area contributed by atoms with Crippen LogP contribution in [0.5, 0.6) is 0 Å². The second-order valence-electron chi connectivity index (χ2n) is 2.97. The Labute approximate surface area is 61.5 Å². The maximum absolute atomic E-state index is 11.2. The summed E-state index contributed by atoms with van der Waals surface area (Å²) in [5.74, 6) is 0.632. The van der Waals surface area contributed by atoms with Crippen LogP contribution < -0.4 is 0 Å². The van der Waals surface area contributed by atoms with Crippen molar-refractivity contribution in [1.82, 2.24) is 4.90 Å². The van der Waals surface area contributed by atoms with E-state index in [1.54, 1.807) is 11.9 Å². The van der Waals surface area contributed by atoms with E-state index >= 15 is 0 Å². The van der Waals surface area contributed by atoms with Gasteiger partial charge in [-0.05, 0) is 0 Å². The normalized spacial score (nSPS) is 33.7. The number of likely N-dealkylation sites (tertiary alicyclic amines) is 1. The lowest BCUT2D eigenvalue weighted by Gasteiger charge is -2.09. The zero-order valence-electron chi connectivity index (χ0n) is 6.72. The first-order chi connectivity index (χ1) is 4.55. The SMILES string of the molecule is C=C1C(C)C(C)C(=O)N1C. The first-order valence-electron chi connectivity index (χ1n) is 3.52. The summed E-state index contributed by atoms with van der Waals surface area (Å²) in [7, 11) is 1.78. The molecule has 0 radical (unpaired) electrons. The van der Waals surface area contributed by atoms with Crippen LogP contribution in [0.1, 0.15) is 13.8 Å². The average Bonchev–Trinajstić information content (AvgIpc) is 2.07. The van der Waals surface area contributed by atoms with Gasteiger partial charge < -0.3 is 4.90 Å². The average molecular weight is 139 g/mol. The topological polar surface area (TPSA) is 20.3 Å². The van der Waals surface area contributed by atoms with Gasteiger partial charge in [-0.3, -0.25) is 4.79 Å². The Morgan fingerprint density at radius 3 is 2.00 bits per heavy atom. The summed E-state index contributed by atoms with van der Waals surface area (Å²) in [4.78, 5) is 12.8. The van der Waals surface area contributed by atoms with Crippen molar-refractivity contribution in [2.45, 2.75) is 13.8 Å². The van der Waals surface area contributed by atoms with Gasteiger partial charge in [0, 0.05) is 24.6 Å². The maximum Gasteiger partial charge on any atom is 0.229 e. The molecular weight excluding hydrogens is 126 g/mol. The number of hydrogen-bond acceptors (Lipinski definition) is 1. The minimum atomic E-state index is 0.123. The van der Waals surface area contributed by atoms with E-state index in [0.29, 0.717) is 5.92 Å². The van der Waals surface area contributed by atoms with E-state index in [1.165, 1.54) is 0 Å². The van der Waals surface area contributed by atoms with Crippen LogP contribution in [0, 0.1) is 11.8 Å². The number of rotatable bonds is 0. The van der Waals surface area contributed by atoms with Crippen LogP contribution >= 0.6 is 0 Å². The van der Waals surface area contributed by atoms with Gasteiger partial charge in [-0.1, -0.05) is 20.4 Å². The van der Waals surface area contributed by atoms with Crippen LogP contribution in [0.4, 0.5) is 0 Å². The quantitative estimate of drug-likeness (QED) is 0.494. The fourth-order valence-corrected chi connectivity index (χ4v) is 1.25. The summed E-state index contributed by atoms with van der Waals surface area (Å²) in [6.07, 6.45) is 0. The Kier molecular flexibility index (Phi) is 1.55. The third kappa shape index (κ3) is 0.753. The van der Waals surface area contributed by atoms with Gasteiger partial charge in [-0.15, -0.1) is 0 Å². The molecule has 1 amide bonds. The van der Waals surface area contributed by atoms with E-state index in [1.807, 2.05) is 13.8 Å². The molecule has 1 rings (SSSR count). The fraction of sp³-hybridized carbons (Fsp3) is 0.625. The summed E-state index contributed by atoms with van der Waals surface area (Å²) < 4.78 is 0. The van der Waals surface area contributed by atoms with E-state index in [9.17, 15) is 4.79 Å². The number of carbonyl (C=O) groups excluding carboxylic acids is 1. The van der Waals surface area contributed by atoms with Crippen molar-refractivity contribution in [3.05, 3.63) is 12.3 Å². The molecule has 2 nitrogen and oxygen atoms in total. The zero-order chi connectivity index (χ0) is 7.89. The van der Waals surface area contributed by atoms with Crippen molar-refractivity contribution in [1.29, 1.82) is 0 Å². The minimum Gasteiger partial charge on any atom is -0.319 e. The Morgan fingerprint density at radius 2 is 1.90 bits per heavy atom. The molecule has 56 valence electrons. The second kappa shape index (κ2) is 2.11. The highest BCUT2D eigenvalue weighted by Crippen LogP contribution is 2.30. The van der Waals surface area contributed by atoms with Crippen molar-refractivity contribution in [2.75, 3.05) is 7.05 Å². The van der Waals surface area contributed by atoms with Gasteiger partial charge in [0.1, 0.15) is 0 Å². The van der Waals surface area contributed by atoms with Crippen LogP contribution in [0.2, 0.25) is 0 Å². The van der Waals surface area contributed by atoms with E-state index in [4.69, 9.17) is 0 Å². The Balaban J connectivity index is 2.89. The summed E-state index contributed by atoms with van der Waals surface area (Å²) in [5, 5.41) is 0. The standard InChI is InChI=1S/C8H13NO/c1-5-6(2)8(10)9(4)7(5)3/h5-6H,3H2,1-2,4H3. The first kappa shape index (κ1) is 7.32. The van der Waals surface area contributed by atoms with Crippen LogP contribution in [-0.2, 0) is 4.79 Å². The van der Waals surface area contributed by atoms with Crippen molar-refractivity contribution >= 4 is 5.91 Å². The van der Waals surface area contributed by atoms with Crippen LogP contribution in [-0.4, -0.2) is 17.9 Å². The molecular formula is C8H13NO. The smallest absolute Gasteiger partial charge is 0.229 e. The monoisotopic (exact) mass is 139 g/mol. The highest BCUT2D eigenvalue weighted by atomic mass is 16.2. The predicted molar refractivity (Wildman–Crippen MR) is 40.2 cm³/mol. The summed E-state index contributed by atoms with van der Waals surface area (Å²) >= 11 is 0. The highest BCUT2D eigenvalue weighted by molar-refractivity contribution is 5.83. The van der Waals surface area contributed by atoms with Crippen LogP contribution in [0.15, 0.2) is 12.3 Å². The van der Waals surface area contributed by atoms with E-state index < -0.39 is 0 Å². The van der Waals surface area contributed by atoms with Crippen molar-refractivity contribution in [2.24, 2.45) is 11.8 Å². The lowest BCUT2D eigenvalue weighted by atomic mass is 9.98. The zero-order valence-corrected chi connectivity index (χ0v) is 6.72. The van der Waals surface area contributed by atoms with Crippen molar-refractivity contribution in [3.8, 4) is 0 Å². The Hall–Kier alpha value is -0.790. The minimum absolute atomic E-state index is 0.123. The van der Waals surface area contributed by atoms with Gasteiger partial charge in [0.15, 0.2) is 0 Å². The van der Waals surface area contributed by atoms with E-state index in [2.05, 4.69) is 6.58 Å². The maximum atomic E-state index is 11.2.